The Kier molecular flexibility index (Phi) is 4.85. The molecular formula is C15H19ClN4S. The van der Waals surface area contributed by atoms with Gasteiger partial charge in [-0.25, -0.2) is 0 Å². The van der Waals surface area contributed by atoms with Gasteiger partial charge in [0, 0.05) is 25.3 Å². The van der Waals surface area contributed by atoms with Crippen molar-refractivity contribution >= 4 is 34.5 Å². The molecule has 0 bridgehead atoms. The molecule has 0 unspecified atom stereocenters. The van der Waals surface area contributed by atoms with Gasteiger partial charge in [0.1, 0.15) is 4.99 Å². The largest absolute Gasteiger partial charge is 0.389 e. The van der Waals surface area contributed by atoms with E-state index in [0.717, 1.165) is 34.1 Å². The fourth-order valence-corrected chi connectivity index (χ4v) is 2.68. The van der Waals surface area contributed by atoms with Crippen LogP contribution in [0.4, 0.5) is 5.69 Å². The van der Waals surface area contributed by atoms with E-state index in [0.29, 0.717) is 11.5 Å². The molecular weight excluding hydrogens is 304 g/mol. The Morgan fingerprint density at radius 1 is 1.48 bits per heavy atom. The molecule has 0 saturated heterocycles. The van der Waals surface area contributed by atoms with Crippen molar-refractivity contribution in [1.29, 1.82) is 0 Å². The molecule has 0 radical (unpaired) electrons. The molecule has 1 aromatic heterocycles. The van der Waals surface area contributed by atoms with Crippen molar-refractivity contribution in [2.75, 3.05) is 11.9 Å². The first-order valence-electron chi connectivity index (χ1n) is 6.75. The predicted molar refractivity (Wildman–Crippen MR) is 92.0 cm³/mol. The second-order valence-electron chi connectivity index (χ2n) is 4.96. The molecule has 0 atom stereocenters. The van der Waals surface area contributed by atoms with E-state index in [1.54, 1.807) is 0 Å². The highest BCUT2D eigenvalue weighted by Crippen LogP contribution is 2.24. The summed E-state index contributed by atoms with van der Waals surface area (Å²) < 4.78 is 1.84. The summed E-state index contributed by atoms with van der Waals surface area (Å²) in [6.07, 6.45) is 0.827. The van der Waals surface area contributed by atoms with E-state index in [4.69, 9.17) is 29.6 Å². The first kappa shape index (κ1) is 15.8. The lowest BCUT2D eigenvalue weighted by Crippen LogP contribution is -2.19. The van der Waals surface area contributed by atoms with Crippen LogP contribution in [-0.2, 0) is 20.0 Å². The second-order valence-corrected chi connectivity index (χ2v) is 5.77. The summed E-state index contributed by atoms with van der Waals surface area (Å²) in [6, 6.07) is 7.86. The summed E-state index contributed by atoms with van der Waals surface area (Å²) in [6.45, 7) is 2.72. The van der Waals surface area contributed by atoms with Crippen LogP contribution in [0.15, 0.2) is 24.3 Å². The Bertz CT molecular complexity index is 666. The molecule has 1 aromatic carbocycles. The molecule has 2 aromatic rings. The summed E-state index contributed by atoms with van der Waals surface area (Å²) >= 11 is 11.4. The monoisotopic (exact) mass is 322 g/mol. The van der Waals surface area contributed by atoms with Gasteiger partial charge in [0.05, 0.1) is 23.0 Å². The molecule has 1 heterocycles. The summed E-state index contributed by atoms with van der Waals surface area (Å²) in [5.74, 6) is 0. The lowest BCUT2D eigenvalue weighted by atomic mass is 10.2. The minimum Gasteiger partial charge on any atom is -0.389 e. The van der Waals surface area contributed by atoms with Crippen LogP contribution in [0.3, 0.4) is 0 Å². The van der Waals surface area contributed by atoms with Gasteiger partial charge in [-0.3, -0.25) is 4.68 Å². The van der Waals surface area contributed by atoms with E-state index in [9.17, 15) is 0 Å². The van der Waals surface area contributed by atoms with Crippen LogP contribution in [0.5, 0.6) is 0 Å². The highest BCUT2D eigenvalue weighted by molar-refractivity contribution is 7.80. The average molecular weight is 323 g/mol. The van der Waals surface area contributed by atoms with Crippen LogP contribution < -0.4 is 10.6 Å². The minimum absolute atomic E-state index is 0.400. The third-order valence-corrected chi connectivity index (χ3v) is 4.13. The smallest absolute Gasteiger partial charge is 0.104 e. The van der Waals surface area contributed by atoms with Crippen LogP contribution in [0.1, 0.15) is 23.9 Å². The van der Waals surface area contributed by atoms with Crippen molar-refractivity contribution in [3.63, 3.8) is 0 Å². The predicted octanol–water partition coefficient (Wildman–Crippen LogP) is 2.91. The first-order valence-corrected chi connectivity index (χ1v) is 7.54. The zero-order chi connectivity index (χ0) is 15.6. The van der Waals surface area contributed by atoms with E-state index < -0.39 is 0 Å². The third-order valence-electron chi connectivity index (χ3n) is 3.46. The second kappa shape index (κ2) is 6.45. The van der Waals surface area contributed by atoms with Gasteiger partial charge in [-0.05, 0) is 18.6 Å². The van der Waals surface area contributed by atoms with E-state index in [1.165, 1.54) is 0 Å². The average Bonchev–Trinajstić information content (AvgIpc) is 2.74. The number of rotatable bonds is 5. The van der Waals surface area contributed by atoms with Gasteiger partial charge in [-0.2, -0.15) is 5.10 Å². The molecule has 0 saturated carbocycles. The summed E-state index contributed by atoms with van der Waals surface area (Å²) in [7, 11) is 3.92. The van der Waals surface area contributed by atoms with E-state index >= 15 is 0 Å². The Labute approximate surface area is 135 Å². The van der Waals surface area contributed by atoms with Crippen molar-refractivity contribution in [3.05, 3.63) is 46.2 Å². The Morgan fingerprint density at radius 3 is 2.76 bits per heavy atom. The molecule has 0 aliphatic rings. The Morgan fingerprint density at radius 2 is 2.19 bits per heavy atom. The number of aromatic nitrogens is 2. The van der Waals surface area contributed by atoms with Crippen molar-refractivity contribution < 1.29 is 0 Å². The first-order chi connectivity index (χ1) is 9.93. The summed E-state index contributed by atoms with van der Waals surface area (Å²) in [5.41, 5.74) is 9.51. The van der Waals surface area contributed by atoms with Gasteiger partial charge in [0.2, 0.25) is 0 Å². The number of anilines is 1. The number of benzene rings is 1. The normalized spacial score (nSPS) is 10.7. The van der Waals surface area contributed by atoms with E-state index in [-0.39, 0.29) is 0 Å². The maximum absolute atomic E-state index is 6.39. The third kappa shape index (κ3) is 3.36. The van der Waals surface area contributed by atoms with Crippen molar-refractivity contribution in [1.82, 2.24) is 9.78 Å². The SMILES string of the molecule is CCc1nn(C)c(CN(C)c2cccc(C(N)=S)c2)c1Cl. The zero-order valence-electron chi connectivity index (χ0n) is 12.4. The van der Waals surface area contributed by atoms with Gasteiger partial charge >= 0.3 is 0 Å². The topological polar surface area (TPSA) is 47.1 Å². The van der Waals surface area contributed by atoms with Crippen LogP contribution in [0.25, 0.3) is 0 Å². The molecule has 21 heavy (non-hydrogen) atoms. The number of hydrogen-bond donors (Lipinski definition) is 1. The van der Waals surface area contributed by atoms with Gasteiger partial charge in [-0.1, -0.05) is 42.9 Å². The lowest BCUT2D eigenvalue weighted by Gasteiger charge is -2.20. The summed E-state index contributed by atoms with van der Waals surface area (Å²) in [5, 5.41) is 5.19. The number of halogens is 1. The van der Waals surface area contributed by atoms with Crippen molar-refractivity contribution in [2.45, 2.75) is 19.9 Å². The van der Waals surface area contributed by atoms with Crippen LogP contribution >= 0.6 is 23.8 Å². The van der Waals surface area contributed by atoms with Crippen LogP contribution in [0.2, 0.25) is 5.02 Å². The molecule has 112 valence electrons. The highest BCUT2D eigenvalue weighted by Gasteiger charge is 2.15. The Balaban J connectivity index is 2.26. The van der Waals surface area contributed by atoms with Crippen molar-refractivity contribution in [3.8, 4) is 0 Å². The summed E-state index contributed by atoms with van der Waals surface area (Å²) in [4.78, 5) is 2.50. The number of thiocarbonyl (C=S) groups is 1. The lowest BCUT2D eigenvalue weighted by molar-refractivity contribution is 0.689. The molecule has 0 aliphatic heterocycles. The molecule has 4 nitrogen and oxygen atoms in total. The molecule has 2 rings (SSSR count). The number of hydrogen-bond acceptors (Lipinski definition) is 3. The highest BCUT2D eigenvalue weighted by atomic mass is 35.5. The zero-order valence-corrected chi connectivity index (χ0v) is 14.0. The van der Waals surface area contributed by atoms with Gasteiger partial charge in [0.25, 0.3) is 0 Å². The maximum Gasteiger partial charge on any atom is 0.104 e. The number of nitrogens with two attached hydrogens (primary N) is 1. The van der Waals surface area contributed by atoms with Gasteiger partial charge in [-0.15, -0.1) is 0 Å². The van der Waals surface area contributed by atoms with Crippen LogP contribution in [0, 0.1) is 0 Å². The molecule has 0 spiro atoms. The molecule has 2 N–H and O–H groups in total. The molecule has 6 heteroatoms. The number of aryl methyl sites for hydroxylation is 2. The fraction of sp³-hybridized carbons (Fsp3) is 0.333. The minimum atomic E-state index is 0.400. The maximum atomic E-state index is 6.39. The molecule has 0 aliphatic carbocycles. The Hall–Kier alpha value is -1.59. The molecule has 0 fully saturated rings. The molecule has 0 amide bonds. The van der Waals surface area contributed by atoms with Crippen molar-refractivity contribution in [2.24, 2.45) is 12.8 Å². The standard InChI is InChI=1S/C15H19ClN4S/c1-4-12-14(16)13(20(3)18-12)9-19(2)11-7-5-6-10(8-11)15(17)21/h5-8H,4,9H2,1-3H3,(H2,17,21). The van der Waals surface area contributed by atoms with Gasteiger partial charge in [0.15, 0.2) is 0 Å². The van der Waals surface area contributed by atoms with E-state index in [1.807, 2.05) is 50.0 Å². The van der Waals surface area contributed by atoms with Gasteiger partial charge < -0.3 is 10.6 Å². The number of nitrogens with zero attached hydrogens (tertiary/aromatic N) is 3. The van der Waals surface area contributed by atoms with E-state index in [2.05, 4.69) is 10.00 Å². The quantitative estimate of drug-likeness (QED) is 0.860. The fourth-order valence-electron chi connectivity index (χ4n) is 2.20. The van der Waals surface area contributed by atoms with Crippen LogP contribution in [-0.4, -0.2) is 21.8 Å².